The topological polar surface area (TPSA) is 108 Å². The highest BCUT2D eigenvalue weighted by Gasteiger charge is 2.22. The van der Waals surface area contributed by atoms with E-state index in [1.165, 1.54) is 11.6 Å². The van der Waals surface area contributed by atoms with Gasteiger partial charge in [-0.05, 0) is 19.1 Å². The molecule has 2 atom stereocenters. The molecule has 0 saturated carbocycles. The van der Waals surface area contributed by atoms with E-state index >= 15 is 0 Å². The van der Waals surface area contributed by atoms with Crippen LogP contribution in [0.1, 0.15) is 18.6 Å². The number of para-hydroxylation sites is 1. The lowest BCUT2D eigenvalue weighted by molar-refractivity contribution is -0.124. The molecule has 7 nitrogen and oxygen atoms in total. The first-order chi connectivity index (χ1) is 10.6. The molecule has 0 aliphatic carbocycles. The third kappa shape index (κ3) is 5.45. The zero-order valence-corrected chi connectivity index (χ0v) is 12.3. The minimum absolute atomic E-state index is 0.103. The fourth-order valence-corrected chi connectivity index (χ4v) is 1.85. The van der Waals surface area contributed by atoms with Crippen molar-refractivity contribution in [3.8, 4) is 5.75 Å². The second-order valence-corrected chi connectivity index (χ2v) is 4.31. The minimum Gasteiger partial charge on any atom is -0.491 e. The van der Waals surface area contributed by atoms with Crippen molar-refractivity contribution in [3.05, 3.63) is 42.0 Å². The summed E-state index contributed by atoms with van der Waals surface area (Å²) in [5.41, 5.74) is 1.94. The zero-order chi connectivity index (χ0) is 16.4. The third-order valence-electron chi connectivity index (χ3n) is 2.80. The van der Waals surface area contributed by atoms with E-state index in [0.717, 1.165) is 6.08 Å². The number of aliphatic hydroxyl groups excluding tert-OH is 2. The highest BCUT2D eigenvalue weighted by Crippen LogP contribution is 2.29. The highest BCUT2D eigenvalue weighted by atomic mass is 16.5. The Kier molecular flexibility index (Phi) is 8.16. The van der Waals surface area contributed by atoms with Crippen molar-refractivity contribution in [3.63, 3.8) is 0 Å². The van der Waals surface area contributed by atoms with Crippen molar-refractivity contribution in [1.82, 2.24) is 5.48 Å². The second kappa shape index (κ2) is 9.91. The van der Waals surface area contributed by atoms with E-state index in [2.05, 4.69) is 0 Å². The molecule has 1 rings (SSSR count). The summed E-state index contributed by atoms with van der Waals surface area (Å²) in [6, 6.07) is 6.82. The van der Waals surface area contributed by atoms with Crippen LogP contribution in [-0.2, 0) is 9.53 Å². The molecule has 1 aromatic carbocycles. The fourth-order valence-electron chi connectivity index (χ4n) is 1.85. The normalized spacial score (nSPS) is 13.8. The van der Waals surface area contributed by atoms with E-state index in [9.17, 15) is 9.90 Å². The molecule has 4 N–H and O–H groups in total. The molecule has 0 aromatic heterocycles. The van der Waals surface area contributed by atoms with Crippen LogP contribution in [0.4, 0.5) is 0 Å². The van der Waals surface area contributed by atoms with Gasteiger partial charge in [0.15, 0.2) is 0 Å². The number of hydrogen-bond donors (Lipinski definition) is 4. The van der Waals surface area contributed by atoms with Gasteiger partial charge in [-0.1, -0.05) is 18.2 Å². The molecule has 0 fully saturated rings. The summed E-state index contributed by atoms with van der Waals surface area (Å²) < 4.78 is 10.8. The first-order valence-electron chi connectivity index (χ1n) is 6.88. The summed E-state index contributed by atoms with van der Waals surface area (Å²) in [4.78, 5) is 11.1. The van der Waals surface area contributed by atoms with Crippen LogP contribution < -0.4 is 10.2 Å². The number of carbonyl (C=O) groups is 1. The molecule has 0 aliphatic rings. The summed E-state index contributed by atoms with van der Waals surface area (Å²) >= 11 is 0. The Morgan fingerprint density at radius 1 is 1.41 bits per heavy atom. The lowest BCUT2D eigenvalue weighted by Gasteiger charge is -2.22. The third-order valence-corrected chi connectivity index (χ3v) is 2.80. The van der Waals surface area contributed by atoms with Crippen LogP contribution in [0, 0.1) is 0 Å². The van der Waals surface area contributed by atoms with Crippen molar-refractivity contribution < 1.29 is 29.7 Å². The molecule has 0 spiro atoms. The number of carbonyl (C=O) groups excluding carboxylic acids is 1. The number of nitrogens with one attached hydrogen (secondary N) is 1. The Labute approximate surface area is 128 Å². The standard InChI is InChI=1S/C15H21NO6/c1-2-21-13(7-8-14(18)16-20)15(19)11-5-3-4-6-12(11)22-10-9-17/h3-8,13,15,17,19-20H,2,9-10H2,1H3,(H,16,18)/b8-7+/t13-,15-/m0/s1. The molecule has 1 amide bonds. The van der Waals surface area contributed by atoms with E-state index in [-0.39, 0.29) is 13.2 Å². The molecular formula is C15H21NO6. The molecule has 0 heterocycles. The SMILES string of the molecule is CCO[C@@H](/C=C/C(=O)NO)[C@@H](O)c1ccccc1OCCO. The summed E-state index contributed by atoms with van der Waals surface area (Å²) in [6.45, 7) is 2.04. The lowest BCUT2D eigenvalue weighted by Crippen LogP contribution is -2.23. The van der Waals surface area contributed by atoms with Gasteiger partial charge in [0.05, 0.1) is 6.61 Å². The van der Waals surface area contributed by atoms with Crippen LogP contribution in [0.25, 0.3) is 0 Å². The molecule has 0 aliphatic heterocycles. The van der Waals surface area contributed by atoms with E-state index in [1.807, 2.05) is 0 Å². The molecule has 1 aromatic rings. The van der Waals surface area contributed by atoms with Gasteiger partial charge in [-0.15, -0.1) is 0 Å². The predicted octanol–water partition coefficient (Wildman–Crippen LogP) is 0.558. The van der Waals surface area contributed by atoms with Crippen molar-refractivity contribution in [2.24, 2.45) is 0 Å². The van der Waals surface area contributed by atoms with Gasteiger partial charge in [-0.25, -0.2) is 5.48 Å². The quantitative estimate of drug-likeness (QED) is 0.301. The Morgan fingerprint density at radius 3 is 2.77 bits per heavy atom. The summed E-state index contributed by atoms with van der Waals surface area (Å²) in [5.74, 6) is -0.296. The van der Waals surface area contributed by atoms with Crippen LogP contribution in [0.15, 0.2) is 36.4 Å². The van der Waals surface area contributed by atoms with E-state index in [0.29, 0.717) is 17.9 Å². The molecule has 0 saturated heterocycles. The summed E-state index contributed by atoms with van der Waals surface area (Å²) in [5, 5.41) is 27.8. The van der Waals surface area contributed by atoms with Crippen molar-refractivity contribution >= 4 is 5.91 Å². The average Bonchev–Trinajstić information content (AvgIpc) is 2.56. The predicted molar refractivity (Wildman–Crippen MR) is 78.5 cm³/mol. The molecule has 0 radical (unpaired) electrons. The maximum Gasteiger partial charge on any atom is 0.267 e. The minimum atomic E-state index is -1.07. The second-order valence-electron chi connectivity index (χ2n) is 4.31. The number of hydrogen-bond acceptors (Lipinski definition) is 6. The first-order valence-corrected chi connectivity index (χ1v) is 6.88. The lowest BCUT2D eigenvalue weighted by atomic mass is 10.0. The zero-order valence-electron chi connectivity index (χ0n) is 12.3. The van der Waals surface area contributed by atoms with Gasteiger partial charge in [-0.2, -0.15) is 0 Å². The van der Waals surface area contributed by atoms with Crippen LogP contribution in [0.2, 0.25) is 0 Å². The van der Waals surface area contributed by atoms with Crippen LogP contribution >= 0.6 is 0 Å². The summed E-state index contributed by atoms with van der Waals surface area (Å²) in [7, 11) is 0. The van der Waals surface area contributed by atoms with E-state index in [1.54, 1.807) is 31.2 Å². The maximum absolute atomic E-state index is 11.1. The Hall–Kier alpha value is -1.93. The molecular weight excluding hydrogens is 290 g/mol. The molecule has 0 bridgehead atoms. The first kappa shape index (κ1) is 18.1. The van der Waals surface area contributed by atoms with Crippen LogP contribution in [-0.4, -0.2) is 47.3 Å². The number of ether oxygens (including phenoxy) is 2. The Morgan fingerprint density at radius 2 is 2.14 bits per heavy atom. The summed E-state index contributed by atoms with van der Waals surface area (Å²) in [6.07, 6.45) is 0.558. The van der Waals surface area contributed by atoms with Crippen molar-refractivity contribution in [2.45, 2.75) is 19.1 Å². The maximum atomic E-state index is 11.1. The number of amides is 1. The highest BCUT2D eigenvalue weighted by molar-refractivity contribution is 5.86. The number of aliphatic hydroxyl groups is 2. The van der Waals surface area contributed by atoms with Gasteiger partial charge < -0.3 is 19.7 Å². The molecule has 22 heavy (non-hydrogen) atoms. The Balaban J connectivity index is 2.95. The van der Waals surface area contributed by atoms with Gasteiger partial charge in [-0.3, -0.25) is 10.0 Å². The van der Waals surface area contributed by atoms with Gasteiger partial charge in [0.2, 0.25) is 0 Å². The van der Waals surface area contributed by atoms with Crippen molar-refractivity contribution in [2.75, 3.05) is 19.8 Å². The van der Waals surface area contributed by atoms with Gasteiger partial charge >= 0.3 is 0 Å². The number of rotatable bonds is 9. The molecule has 7 heteroatoms. The average molecular weight is 311 g/mol. The van der Waals surface area contributed by atoms with Gasteiger partial charge in [0.1, 0.15) is 24.6 Å². The fraction of sp³-hybridized carbons (Fsp3) is 0.400. The molecule has 0 unspecified atom stereocenters. The van der Waals surface area contributed by atoms with E-state index in [4.69, 9.17) is 19.8 Å². The number of benzene rings is 1. The largest absolute Gasteiger partial charge is 0.491 e. The molecule has 122 valence electrons. The van der Waals surface area contributed by atoms with Gasteiger partial charge in [0, 0.05) is 18.2 Å². The van der Waals surface area contributed by atoms with Crippen molar-refractivity contribution in [1.29, 1.82) is 0 Å². The Bertz CT molecular complexity index is 491. The van der Waals surface area contributed by atoms with Gasteiger partial charge in [0.25, 0.3) is 5.91 Å². The monoisotopic (exact) mass is 311 g/mol. The van der Waals surface area contributed by atoms with Crippen LogP contribution in [0.5, 0.6) is 5.75 Å². The smallest absolute Gasteiger partial charge is 0.267 e. The van der Waals surface area contributed by atoms with Crippen LogP contribution in [0.3, 0.4) is 0 Å². The van der Waals surface area contributed by atoms with E-state index < -0.39 is 18.1 Å². The number of hydroxylamine groups is 1.